The van der Waals surface area contributed by atoms with Crippen LogP contribution in [-0.2, 0) is 25.6 Å². The van der Waals surface area contributed by atoms with Gasteiger partial charge in [-0.05, 0) is 48.8 Å². The van der Waals surface area contributed by atoms with Gasteiger partial charge in [-0.3, -0.25) is 19.4 Å². The molecule has 4 unspecified atom stereocenters. The summed E-state index contributed by atoms with van der Waals surface area (Å²) >= 11 is 1.50. The minimum absolute atomic E-state index is 0.0499. The van der Waals surface area contributed by atoms with Gasteiger partial charge in [-0.2, -0.15) is 11.8 Å². The molecule has 0 saturated carbocycles. The topological polar surface area (TPSA) is 231 Å². The van der Waals surface area contributed by atoms with Crippen molar-refractivity contribution < 1.29 is 24.3 Å². The van der Waals surface area contributed by atoms with Crippen LogP contribution in [0.2, 0.25) is 0 Å². The molecule has 1 aromatic carbocycles. The molecule has 0 spiro atoms. The van der Waals surface area contributed by atoms with E-state index < -0.39 is 47.9 Å². The quantitative estimate of drug-likeness (QED) is 0.0705. The fourth-order valence-corrected chi connectivity index (χ4v) is 4.67. The number of carboxylic acid groups (broad SMARTS) is 1. The van der Waals surface area contributed by atoms with Gasteiger partial charge >= 0.3 is 5.97 Å². The highest BCUT2D eigenvalue weighted by Gasteiger charge is 2.31. The van der Waals surface area contributed by atoms with Crippen LogP contribution in [0.25, 0.3) is 10.9 Å². The van der Waals surface area contributed by atoms with Gasteiger partial charge in [0.15, 0.2) is 5.96 Å². The van der Waals surface area contributed by atoms with Crippen molar-refractivity contribution in [2.75, 3.05) is 18.6 Å². The summed E-state index contributed by atoms with van der Waals surface area (Å²) in [6, 6.07) is 3.42. The molecule has 3 amide bonds. The van der Waals surface area contributed by atoms with Gasteiger partial charge in [-0.1, -0.05) is 32.0 Å². The van der Waals surface area contributed by atoms with Crippen LogP contribution in [-0.4, -0.2) is 82.5 Å². The van der Waals surface area contributed by atoms with Gasteiger partial charge in [0.1, 0.15) is 18.1 Å². The molecule has 1 heterocycles. The number of H-pyrrole nitrogens is 1. The molecule has 226 valence electrons. The van der Waals surface area contributed by atoms with E-state index in [9.17, 15) is 24.3 Å². The molecular formula is C27H42N8O5S. The first-order valence-corrected chi connectivity index (χ1v) is 14.8. The molecule has 0 bridgehead atoms. The van der Waals surface area contributed by atoms with Crippen molar-refractivity contribution in [1.82, 2.24) is 20.9 Å². The minimum atomic E-state index is -1.18. The second-order valence-electron chi connectivity index (χ2n) is 10.1. The summed E-state index contributed by atoms with van der Waals surface area (Å²) in [4.78, 5) is 58.4. The Labute approximate surface area is 243 Å². The number of nitrogens with two attached hydrogens (primary N) is 3. The summed E-state index contributed by atoms with van der Waals surface area (Å²) < 4.78 is 0. The predicted octanol–water partition coefficient (Wildman–Crippen LogP) is 0.0394. The fraction of sp³-hybridized carbons (Fsp3) is 0.519. The van der Waals surface area contributed by atoms with Crippen LogP contribution in [0, 0.1) is 5.92 Å². The van der Waals surface area contributed by atoms with Gasteiger partial charge in [0, 0.05) is 30.1 Å². The van der Waals surface area contributed by atoms with E-state index in [1.165, 1.54) is 11.8 Å². The van der Waals surface area contributed by atoms with Crippen LogP contribution in [0.5, 0.6) is 0 Å². The highest BCUT2D eigenvalue weighted by Crippen LogP contribution is 2.19. The molecule has 0 saturated heterocycles. The number of aliphatic carboxylic acids is 1. The van der Waals surface area contributed by atoms with E-state index in [0.717, 1.165) is 16.5 Å². The van der Waals surface area contributed by atoms with Crippen LogP contribution in [0.3, 0.4) is 0 Å². The zero-order valence-corrected chi connectivity index (χ0v) is 24.5. The van der Waals surface area contributed by atoms with Crippen LogP contribution in [0.4, 0.5) is 0 Å². The maximum Gasteiger partial charge on any atom is 0.326 e. The van der Waals surface area contributed by atoms with Crippen molar-refractivity contribution in [2.24, 2.45) is 28.1 Å². The van der Waals surface area contributed by atoms with Crippen molar-refractivity contribution in [2.45, 2.75) is 63.7 Å². The summed E-state index contributed by atoms with van der Waals surface area (Å²) in [6.07, 6.45) is 4.79. The molecule has 2 aromatic rings. The number of amides is 3. The van der Waals surface area contributed by atoms with Gasteiger partial charge < -0.3 is 43.2 Å². The number of guanidine groups is 1. The fourth-order valence-electron chi connectivity index (χ4n) is 4.20. The Morgan fingerprint density at radius 3 is 2.29 bits per heavy atom. The minimum Gasteiger partial charge on any atom is -0.480 e. The Bertz CT molecular complexity index is 1210. The SMILES string of the molecule is CSCCC(NC(=O)C(N)CCCN=C(N)N)C(=O)NC(Cc1c[nH]c2ccccc12)C(=O)NC(C(=O)O)C(C)C. The lowest BCUT2D eigenvalue weighted by Crippen LogP contribution is -2.58. The number of carboxylic acids is 1. The number of aromatic amines is 1. The number of thioether (sulfide) groups is 1. The predicted molar refractivity (Wildman–Crippen MR) is 161 cm³/mol. The van der Waals surface area contributed by atoms with Gasteiger partial charge in [-0.25, -0.2) is 4.79 Å². The molecule has 41 heavy (non-hydrogen) atoms. The lowest BCUT2D eigenvalue weighted by Gasteiger charge is -2.26. The molecular weight excluding hydrogens is 548 g/mol. The van der Waals surface area contributed by atoms with E-state index in [2.05, 4.69) is 25.9 Å². The Kier molecular flexibility index (Phi) is 13.4. The zero-order chi connectivity index (χ0) is 30.5. The number of nitrogens with zero attached hydrogens (tertiary/aromatic N) is 1. The number of fused-ring (bicyclic) bond motifs is 1. The average molecular weight is 591 g/mol. The molecule has 11 N–H and O–H groups in total. The molecule has 4 atom stereocenters. The number of hydrogen-bond acceptors (Lipinski definition) is 7. The van der Waals surface area contributed by atoms with Crippen LogP contribution >= 0.6 is 11.8 Å². The van der Waals surface area contributed by atoms with E-state index in [1.807, 2.05) is 30.5 Å². The third kappa shape index (κ3) is 10.6. The highest BCUT2D eigenvalue weighted by atomic mass is 32.2. The van der Waals surface area contributed by atoms with Crippen LogP contribution in [0.1, 0.15) is 38.7 Å². The summed E-state index contributed by atoms with van der Waals surface area (Å²) in [5.41, 5.74) is 18.3. The summed E-state index contributed by atoms with van der Waals surface area (Å²) in [7, 11) is 0. The van der Waals surface area contributed by atoms with Gasteiger partial charge in [0.2, 0.25) is 17.7 Å². The van der Waals surface area contributed by atoms with Crippen LogP contribution < -0.4 is 33.2 Å². The number of benzene rings is 1. The number of nitrogens with one attached hydrogen (secondary N) is 4. The number of carbonyl (C=O) groups is 4. The van der Waals surface area contributed by atoms with Gasteiger partial charge in [0.05, 0.1) is 6.04 Å². The Morgan fingerprint density at radius 1 is 1.00 bits per heavy atom. The molecule has 13 nitrogen and oxygen atoms in total. The zero-order valence-electron chi connectivity index (χ0n) is 23.7. The largest absolute Gasteiger partial charge is 0.480 e. The van der Waals surface area contributed by atoms with Crippen molar-refractivity contribution in [3.05, 3.63) is 36.0 Å². The number of aliphatic imine (C=N–C) groups is 1. The summed E-state index contributed by atoms with van der Waals surface area (Å²) in [5, 5.41) is 18.5. The molecule has 0 aliphatic rings. The van der Waals surface area contributed by atoms with E-state index in [4.69, 9.17) is 17.2 Å². The maximum atomic E-state index is 13.5. The maximum absolute atomic E-state index is 13.5. The second-order valence-corrected chi connectivity index (χ2v) is 11.1. The molecule has 0 radical (unpaired) electrons. The third-order valence-corrected chi connectivity index (χ3v) is 7.15. The van der Waals surface area contributed by atoms with Gasteiger partial charge in [-0.15, -0.1) is 0 Å². The van der Waals surface area contributed by atoms with E-state index >= 15 is 0 Å². The first-order valence-electron chi connectivity index (χ1n) is 13.4. The van der Waals surface area contributed by atoms with Crippen LogP contribution in [0.15, 0.2) is 35.5 Å². The summed E-state index contributed by atoms with van der Waals surface area (Å²) in [5.74, 6) is -2.78. The Balaban J connectivity index is 2.23. The first-order chi connectivity index (χ1) is 19.4. The second kappa shape index (κ2) is 16.5. The number of para-hydroxylation sites is 1. The van der Waals surface area contributed by atoms with E-state index in [-0.39, 0.29) is 18.3 Å². The van der Waals surface area contributed by atoms with Crippen molar-refractivity contribution >= 4 is 52.3 Å². The number of aromatic nitrogens is 1. The van der Waals surface area contributed by atoms with E-state index in [1.54, 1.807) is 20.0 Å². The highest BCUT2D eigenvalue weighted by molar-refractivity contribution is 7.98. The monoisotopic (exact) mass is 590 g/mol. The lowest BCUT2D eigenvalue weighted by molar-refractivity contribution is -0.143. The van der Waals surface area contributed by atoms with Crippen molar-refractivity contribution in [1.29, 1.82) is 0 Å². The molecule has 2 rings (SSSR count). The summed E-state index contributed by atoms with van der Waals surface area (Å²) in [6.45, 7) is 3.68. The standard InChI is InChI=1S/C27H42N8O5S/c1-15(2)22(26(39)40)35-25(38)21(13-16-14-32-19-9-5-4-7-17(16)19)34-24(37)20(10-12-41-3)33-23(36)18(28)8-6-11-31-27(29)30/h4-5,7,9,14-15,18,20-22,32H,6,8,10-13,28H2,1-3H3,(H,33,36)(H,34,37)(H,35,38)(H,39,40)(H4,29,30,31). The number of hydrogen-bond donors (Lipinski definition) is 8. The smallest absolute Gasteiger partial charge is 0.326 e. The number of rotatable bonds is 17. The number of carbonyl (C=O) groups excluding carboxylic acids is 3. The third-order valence-electron chi connectivity index (χ3n) is 6.51. The van der Waals surface area contributed by atoms with Crippen molar-refractivity contribution in [3.8, 4) is 0 Å². The normalized spacial score (nSPS) is 14.1. The molecule has 0 aliphatic carbocycles. The van der Waals surface area contributed by atoms with E-state index in [0.29, 0.717) is 31.6 Å². The molecule has 0 fully saturated rings. The Hall–Kier alpha value is -3.78. The molecule has 0 aliphatic heterocycles. The Morgan fingerprint density at radius 2 is 1.66 bits per heavy atom. The van der Waals surface area contributed by atoms with Crippen molar-refractivity contribution in [3.63, 3.8) is 0 Å². The average Bonchev–Trinajstić information content (AvgIpc) is 3.33. The van der Waals surface area contributed by atoms with Gasteiger partial charge in [0.25, 0.3) is 0 Å². The molecule has 14 heteroatoms. The first kappa shape index (κ1) is 33.4. The lowest BCUT2D eigenvalue weighted by atomic mass is 10.0. The molecule has 1 aromatic heterocycles.